The van der Waals surface area contributed by atoms with Crippen LogP contribution in [-0.4, -0.2) is 36.6 Å². The topological polar surface area (TPSA) is 41.6 Å². The van der Waals surface area contributed by atoms with Gasteiger partial charge in [0.25, 0.3) is 0 Å². The van der Waals surface area contributed by atoms with Crippen molar-refractivity contribution in [3.63, 3.8) is 0 Å². The highest BCUT2D eigenvalue weighted by Crippen LogP contribution is 2.17. The van der Waals surface area contributed by atoms with E-state index in [1.165, 1.54) is 4.88 Å². The first-order chi connectivity index (χ1) is 12.2. The number of carbonyl (C=O) groups is 1. The zero-order valence-electron chi connectivity index (χ0n) is 14.7. The molecule has 0 aliphatic carbocycles. The van der Waals surface area contributed by atoms with Gasteiger partial charge in [-0.3, -0.25) is 9.69 Å². The van der Waals surface area contributed by atoms with Crippen LogP contribution in [0.4, 0.5) is 0 Å². The fraction of sp³-hybridized carbons (Fsp3) is 0.450. The maximum atomic E-state index is 12.5. The summed E-state index contributed by atoms with van der Waals surface area (Å²) in [5.74, 6) is 0.0610. The first-order valence-electron chi connectivity index (χ1n) is 8.91. The van der Waals surface area contributed by atoms with Crippen molar-refractivity contribution in [1.82, 2.24) is 10.2 Å². The lowest BCUT2D eigenvalue weighted by Gasteiger charge is -2.25. The molecule has 5 heteroatoms. The summed E-state index contributed by atoms with van der Waals surface area (Å²) in [6.07, 6.45) is 2.46. The smallest absolute Gasteiger partial charge is 0.234 e. The summed E-state index contributed by atoms with van der Waals surface area (Å²) in [7, 11) is 0. The monoisotopic (exact) mass is 358 g/mol. The van der Waals surface area contributed by atoms with Gasteiger partial charge < -0.3 is 10.1 Å². The number of rotatable bonds is 8. The molecule has 1 aromatic heterocycles. The van der Waals surface area contributed by atoms with Gasteiger partial charge in [-0.05, 0) is 36.8 Å². The molecule has 3 rings (SSSR count). The molecule has 2 heterocycles. The summed E-state index contributed by atoms with van der Waals surface area (Å²) in [5, 5.41) is 5.19. The normalized spacial score (nSPS) is 18.4. The van der Waals surface area contributed by atoms with Gasteiger partial charge >= 0.3 is 0 Å². The summed E-state index contributed by atoms with van der Waals surface area (Å²) >= 11 is 1.73. The second-order valence-electron chi connectivity index (χ2n) is 6.58. The molecule has 1 aliphatic heterocycles. The van der Waals surface area contributed by atoms with Gasteiger partial charge in [-0.2, -0.15) is 0 Å². The second kappa shape index (κ2) is 9.13. The maximum Gasteiger partial charge on any atom is 0.234 e. The van der Waals surface area contributed by atoms with E-state index >= 15 is 0 Å². The van der Waals surface area contributed by atoms with Crippen LogP contribution in [-0.2, 0) is 16.1 Å². The number of thiophene rings is 1. The number of hydrogen-bond acceptors (Lipinski definition) is 4. The average Bonchev–Trinajstić information content (AvgIpc) is 3.29. The maximum absolute atomic E-state index is 12.5. The largest absolute Gasteiger partial charge is 0.377 e. The standard InChI is InChI=1S/C20H26N2O2S/c1-16(17-7-3-2-4-8-17)21-20(23)15-22(13-18-9-5-11-24-18)14-19-10-6-12-25-19/h2-4,6-8,10,12,16,18H,5,9,11,13-15H2,1H3,(H,21,23)/t16-,18-/m0/s1. The molecule has 0 spiro atoms. The van der Waals surface area contributed by atoms with Crippen molar-refractivity contribution in [3.05, 3.63) is 58.3 Å². The Hall–Kier alpha value is -1.69. The van der Waals surface area contributed by atoms with Gasteiger partial charge in [0.05, 0.1) is 18.7 Å². The number of hydrogen-bond donors (Lipinski definition) is 1. The lowest BCUT2D eigenvalue weighted by Crippen LogP contribution is -2.41. The van der Waals surface area contributed by atoms with Gasteiger partial charge in [0.1, 0.15) is 0 Å². The molecule has 1 amide bonds. The van der Waals surface area contributed by atoms with E-state index in [1.807, 2.05) is 37.3 Å². The number of carbonyl (C=O) groups excluding carboxylic acids is 1. The molecular formula is C20H26N2O2S. The number of benzene rings is 1. The molecule has 1 aromatic carbocycles. The first-order valence-corrected chi connectivity index (χ1v) is 9.79. The minimum atomic E-state index is 0.0139. The summed E-state index contributed by atoms with van der Waals surface area (Å²) in [5.41, 5.74) is 1.12. The van der Waals surface area contributed by atoms with Crippen LogP contribution in [0.1, 0.15) is 36.2 Å². The molecular weight excluding hydrogens is 332 g/mol. The van der Waals surface area contributed by atoms with Crippen LogP contribution in [0.2, 0.25) is 0 Å². The molecule has 1 fully saturated rings. The van der Waals surface area contributed by atoms with Crippen molar-refractivity contribution in [1.29, 1.82) is 0 Å². The van der Waals surface area contributed by atoms with E-state index < -0.39 is 0 Å². The Morgan fingerprint density at radius 3 is 2.84 bits per heavy atom. The van der Waals surface area contributed by atoms with Crippen LogP contribution in [0.5, 0.6) is 0 Å². The van der Waals surface area contributed by atoms with Crippen molar-refractivity contribution >= 4 is 17.2 Å². The van der Waals surface area contributed by atoms with Gasteiger partial charge in [-0.1, -0.05) is 36.4 Å². The zero-order valence-corrected chi connectivity index (χ0v) is 15.5. The minimum Gasteiger partial charge on any atom is -0.377 e. The summed E-state index contributed by atoms with van der Waals surface area (Å²) < 4.78 is 5.76. The molecule has 2 aromatic rings. The Kier molecular flexibility index (Phi) is 6.62. The Labute approximate surface area is 153 Å². The van der Waals surface area contributed by atoms with Crippen molar-refractivity contribution in [2.24, 2.45) is 0 Å². The quantitative estimate of drug-likeness (QED) is 0.784. The van der Waals surface area contributed by atoms with Gasteiger partial charge in [-0.15, -0.1) is 11.3 Å². The second-order valence-corrected chi connectivity index (χ2v) is 7.62. The molecule has 134 valence electrons. The van der Waals surface area contributed by atoms with Gasteiger partial charge in [0, 0.05) is 24.6 Å². The van der Waals surface area contributed by atoms with E-state index in [0.717, 1.165) is 38.1 Å². The van der Waals surface area contributed by atoms with Crippen molar-refractivity contribution in [2.45, 2.75) is 38.5 Å². The van der Waals surface area contributed by atoms with Gasteiger partial charge in [-0.25, -0.2) is 0 Å². The first kappa shape index (κ1) is 18.1. The van der Waals surface area contributed by atoms with Crippen molar-refractivity contribution < 1.29 is 9.53 Å². The number of nitrogens with one attached hydrogen (secondary N) is 1. The summed E-state index contributed by atoms with van der Waals surface area (Å²) in [6.45, 7) is 4.87. The molecule has 1 saturated heterocycles. The summed E-state index contributed by atoms with van der Waals surface area (Å²) in [4.78, 5) is 16.0. The number of amides is 1. The molecule has 0 unspecified atom stereocenters. The Morgan fingerprint density at radius 2 is 2.16 bits per heavy atom. The lowest BCUT2D eigenvalue weighted by molar-refractivity contribution is -0.123. The minimum absolute atomic E-state index is 0.0139. The Balaban J connectivity index is 1.57. The summed E-state index contributed by atoms with van der Waals surface area (Å²) in [6, 6.07) is 14.3. The molecule has 0 radical (unpaired) electrons. The van der Waals surface area contributed by atoms with Crippen LogP contribution < -0.4 is 5.32 Å². The predicted molar refractivity (Wildman–Crippen MR) is 102 cm³/mol. The highest BCUT2D eigenvalue weighted by atomic mass is 32.1. The van der Waals surface area contributed by atoms with Gasteiger partial charge in [0.15, 0.2) is 0 Å². The van der Waals surface area contributed by atoms with Crippen molar-refractivity contribution in [2.75, 3.05) is 19.7 Å². The Bertz CT molecular complexity index is 639. The molecule has 25 heavy (non-hydrogen) atoms. The lowest BCUT2D eigenvalue weighted by atomic mass is 10.1. The molecule has 1 aliphatic rings. The molecule has 0 bridgehead atoms. The highest BCUT2D eigenvalue weighted by molar-refractivity contribution is 7.09. The van der Waals surface area contributed by atoms with E-state index in [-0.39, 0.29) is 18.1 Å². The van der Waals surface area contributed by atoms with Crippen LogP contribution in [0.3, 0.4) is 0 Å². The van der Waals surface area contributed by atoms with Crippen LogP contribution in [0.25, 0.3) is 0 Å². The molecule has 0 saturated carbocycles. The fourth-order valence-electron chi connectivity index (χ4n) is 3.20. The third-order valence-electron chi connectivity index (χ3n) is 4.49. The van der Waals surface area contributed by atoms with Crippen LogP contribution in [0, 0.1) is 0 Å². The predicted octanol–water partition coefficient (Wildman–Crippen LogP) is 3.61. The number of ether oxygens (including phenoxy) is 1. The number of nitrogens with zero attached hydrogens (tertiary/aromatic N) is 1. The molecule has 4 nitrogen and oxygen atoms in total. The molecule has 2 atom stereocenters. The van der Waals surface area contributed by atoms with E-state index in [2.05, 4.69) is 27.7 Å². The Morgan fingerprint density at radius 1 is 1.32 bits per heavy atom. The average molecular weight is 359 g/mol. The molecule has 1 N–H and O–H groups in total. The SMILES string of the molecule is C[C@H](NC(=O)CN(Cc1cccs1)C[C@@H]1CCCO1)c1ccccc1. The van der Waals surface area contributed by atoms with E-state index in [9.17, 15) is 4.79 Å². The third kappa shape index (κ3) is 5.66. The third-order valence-corrected chi connectivity index (χ3v) is 5.35. The van der Waals surface area contributed by atoms with E-state index in [1.54, 1.807) is 11.3 Å². The zero-order chi connectivity index (χ0) is 17.5. The highest BCUT2D eigenvalue weighted by Gasteiger charge is 2.22. The van der Waals surface area contributed by atoms with E-state index in [4.69, 9.17) is 4.74 Å². The van der Waals surface area contributed by atoms with Crippen LogP contribution in [0.15, 0.2) is 47.8 Å². The van der Waals surface area contributed by atoms with Gasteiger partial charge in [0.2, 0.25) is 5.91 Å². The van der Waals surface area contributed by atoms with E-state index in [0.29, 0.717) is 6.54 Å². The fourth-order valence-corrected chi connectivity index (χ4v) is 3.95. The van der Waals surface area contributed by atoms with Crippen LogP contribution >= 0.6 is 11.3 Å². The van der Waals surface area contributed by atoms with Crippen molar-refractivity contribution in [3.8, 4) is 0 Å².